The number of carbonyl (C=O) groups is 1. The molecule has 0 unspecified atom stereocenters. The van der Waals surface area contributed by atoms with Gasteiger partial charge in [-0.05, 0) is 27.1 Å². The van der Waals surface area contributed by atoms with Gasteiger partial charge in [-0.25, -0.2) is 4.68 Å². The number of carbonyl (C=O) groups excluding carboxylic acids is 1. The second kappa shape index (κ2) is 10.9. The van der Waals surface area contributed by atoms with Gasteiger partial charge in [0.2, 0.25) is 11.1 Å². The number of aromatic nitrogens is 4. The van der Waals surface area contributed by atoms with Crippen LogP contribution in [0.15, 0.2) is 53.7 Å². The second-order valence-corrected chi connectivity index (χ2v) is 8.88. The predicted molar refractivity (Wildman–Crippen MR) is 122 cm³/mol. The number of aryl methyl sites for hydroxylation is 1. The van der Waals surface area contributed by atoms with Crippen molar-refractivity contribution in [1.82, 2.24) is 25.5 Å². The topological polar surface area (TPSA) is 111 Å². The van der Waals surface area contributed by atoms with Gasteiger partial charge in [0.1, 0.15) is 0 Å². The SMILES string of the molecule is CC(=O)NCc1ccc([C@@H]2O[C@H](CSc3nnnn3C)C[C@H](c3ccc(CO)cc3)O2)cc1. The van der Waals surface area contributed by atoms with E-state index in [1.54, 1.807) is 16.4 Å². The van der Waals surface area contributed by atoms with Crippen LogP contribution in [0.4, 0.5) is 0 Å². The van der Waals surface area contributed by atoms with E-state index in [9.17, 15) is 9.90 Å². The van der Waals surface area contributed by atoms with Gasteiger partial charge < -0.3 is 19.9 Å². The van der Waals surface area contributed by atoms with Gasteiger partial charge in [-0.1, -0.05) is 60.3 Å². The Labute approximate surface area is 196 Å². The van der Waals surface area contributed by atoms with E-state index in [2.05, 4.69) is 20.8 Å². The maximum atomic E-state index is 11.2. The second-order valence-electron chi connectivity index (χ2n) is 7.90. The molecule has 1 aliphatic rings. The maximum absolute atomic E-state index is 11.2. The number of nitrogens with zero attached hydrogens (tertiary/aromatic N) is 4. The lowest BCUT2D eigenvalue weighted by Gasteiger charge is -2.36. The van der Waals surface area contributed by atoms with Crippen molar-refractivity contribution < 1.29 is 19.4 Å². The minimum absolute atomic E-state index is 0.00732. The quantitative estimate of drug-likeness (QED) is 0.485. The molecule has 3 aromatic rings. The molecule has 1 fully saturated rings. The molecule has 1 aliphatic heterocycles. The Bertz CT molecular complexity index is 1060. The van der Waals surface area contributed by atoms with Crippen LogP contribution >= 0.6 is 11.8 Å². The standard InChI is InChI=1S/C23H27N5O4S/c1-15(30)24-12-16-3-9-19(10-4-16)22-31-20(14-33-23-25-26-27-28(23)2)11-21(32-22)18-7-5-17(13-29)6-8-18/h3-10,20-22,29H,11-14H2,1-2H3,(H,24,30)/t20-,21+,22+/m0/s1. The summed E-state index contributed by atoms with van der Waals surface area (Å²) in [6, 6.07) is 15.7. The molecule has 33 heavy (non-hydrogen) atoms. The fraction of sp³-hybridized carbons (Fsp3) is 0.391. The molecule has 3 atom stereocenters. The largest absolute Gasteiger partial charge is 0.392 e. The van der Waals surface area contributed by atoms with E-state index in [1.165, 1.54) is 6.92 Å². The van der Waals surface area contributed by atoms with E-state index in [-0.39, 0.29) is 24.7 Å². The van der Waals surface area contributed by atoms with Crippen LogP contribution in [0.5, 0.6) is 0 Å². The molecule has 174 valence electrons. The smallest absolute Gasteiger partial charge is 0.217 e. The van der Waals surface area contributed by atoms with Crippen LogP contribution in [0.3, 0.4) is 0 Å². The number of hydrogen-bond acceptors (Lipinski definition) is 8. The normalized spacial score (nSPS) is 20.5. The van der Waals surface area contributed by atoms with Crippen LogP contribution in [-0.4, -0.2) is 43.1 Å². The Kier molecular flexibility index (Phi) is 7.71. The van der Waals surface area contributed by atoms with Crippen LogP contribution in [0.2, 0.25) is 0 Å². The molecule has 0 radical (unpaired) electrons. The predicted octanol–water partition coefficient (Wildman–Crippen LogP) is 2.68. The van der Waals surface area contributed by atoms with E-state index < -0.39 is 6.29 Å². The Hall–Kier alpha value is -2.79. The van der Waals surface area contributed by atoms with E-state index >= 15 is 0 Å². The van der Waals surface area contributed by atoms with Crippen LogP contribution in [0.25, 0.3) is 0 Å². The molecule has 4 rings (SSSR count). The molecular weight excluding hydrogens is 442 g/mol. The summed E-state index contributed by atoms with van der Waals surface area (Å²) in [5.41, 5.74) is 3.81. The number of amides is 1. The van der Waals surface area contributed by atoms with Gasteiger partial charge in [0.25, 0.3) is 0 Å². The minimum Gasteiger partial charge on any atom is -0.392 e. The van der Waals surface area contributed by atoms with Crippen LogP contribution in [0, 0.1) is 0 Å². The molecule has 2 aromatic carbocycles. The number of tetrazole rings is 1. The van der Waals surface area contributed by atoms with Gasteiger partial charge in [-0.2, -0.15) is 0 Å². The number of rotatable bonds is 8. The molecule has 0 aliphatic carbocycles. The highest BCUT2D eigenvalue weighted by molar-refractivity contribution is 7.99. The summed E-state index contributed by atoms with van der Waals surface area (Å²) < 4.78 is 14.3. The van der Waals surface area contributed by atoms with Gasteiger partial charge in [-0.15, -0.1) is 5.10 Å². The van der Waals surface area contributed by atoms with Gasteiger partial charge in [0.05, 0.1) is 18.8 Å². The van der Waals surface area contributed by atoms with Crippen LogP contribution < -0.4 is 5.32 Å². The molecule has 1 aromatic heterocycles. The molecule has 1 saturated heterocycles. The molecule has 2 N–H and O–H groups in total. The van der Waals surface area contributed by atoms with E-state index in [4.69, 9.17) is 9.47 Å². The number of ether oxygens (including phenoxy) is 2. The summed E-state index contributed by atoms with van der Waals surface area (Å²) in [6.45, 7) is 1.99. The number of benzene rings is 2. The van der Waals surface area contributed by atoms with E-state index in [1.807, 2.05) is 55.6 Å². The Morgan fingerprint density at radius 3 is 2.45 bits per heavy atom. The first-order valence-electron chi connectivity index (χ1n) is 10.7. The van der Waals surface area contributed by atoms with Crippen molar-refractivity contribution in [3.63, 3.8) is 0 Å². The third-order valence-electron chi connectivity index (χ3n) is 5.39. The summed E-state index contributed by atoms with van der Waals surface area (Å²) in [4.78, 5) is 11.2. The fourth-order valence-corrected chi connectivity index (χ4v) is 4.42. The first-order valence-corrected chi connectivity index (χ1v) is 11.7. The lowest BCUT2D eigenvalue weighted by Crippen LogP contribution is -2.31. The van der Waals surface area contributed by atoms with Crippen molar-refractivity contribution in [3.8, 4) is 0 Å². The lowest BCUT2D eigenvalue weighted by molar-refractivity contribution is -0.245. The highest BCUT2D eigenvalue weighted by atomic mass is 32.2. The van der Waals surface area contributed by atoms with Crippen molar-refractivity contribution in [2.45, 2.75) is 50.2 Å². The van der Waals surface area contributed by atoms with Crippen molar-refractivity contribution >= 4 is 17.7 Å². The van der Waals surface area contributed by atoms with Gasteiger partial charge in [0.15, 0.2) is 6.29 Å². The Morgan fingerprint density at radius 2 is 1.82 bits per heavy atom. The molecule has 0 bridgehead atoms. The van der Waals surface area contributed by atoms with E-state index in [0.717, 1.165) is 27.4 Å². The number of thioether (sulfide) groups is 1. The zero-order valence-electron chi connectivity index (χ0n) is 18.5. The first-order chi connectivity index (χ1) is 16.0. The molecule has 0 spiro atoms. The zero-order valence-corrected chi connectivity index (χ0v) is 19.4. The van der Waals surface area contributed by atoms with Crippen molar-refractivity contribution in [3.05, 3.63) is 70.8 Å². The number of aliphatic hydroxyl groups is 1. The average Bonchev–Trinajstić information content (AvgIpc) is 3.26. The summed E-state index contributed by atoms with van der Waals surface area (Å²) >= 11 is 1.55. The third kappa shape index (κ3) is 6.17. The van der Waals surface area contributed by atoms with Crippen molar-refractivity contribution in [2.24, 2.45) is 7.05 Å². The van der Waals surface area contributed by atoms with Gasteiger partial charge >= 0.3 is 0 Å². The summed E-state index contributed by atoms with van der Waals surface area (Å²) in [7, 11) is 1.81. The summed E-state index contributed by atoms with van der Waals surface area (Å²) in [5.74, 6) is 0.617. The molecule has 1 amide bonds. The fourth-order valence-electron chi connectivity index (χ4n) is 3.55. The molecule has 9 nitrogen and oxygen atoms in total. The van der Waals surface area contributed by atoms with Crippen LogP contribution in [0.1, 0.15) is 48.0 Å². The Morgan fingerprint density at radius 1 is 1.12 bits per heavy atom. The molecule has 0 saturated carbocycles. The third-order valence-corrected chi connectivity index (χ3v) is 6.53. The monoisotopic (exact) mass is 469 g/mol. The van der Waals surface area contributed by atoms with Crippen molar-refractivity contribution in [1.29, 1.82) is 0 Å². The number of aliphatic hydroxyl groups excluding tert-OH is 1. The molecular formula is C23H27N5O4S. The Balaban J connectivity index is 1.50. The summed E-state index contributed by atoms with van der Waals surface area (Å²) in [6.07, 6.45) is -0.0708. The average molecular weight is 470 g/mol. The van der Waals surface area contributed by atoms with Gasteiger partial charge in [-0.3, -0.25) is 4.79 Å². The molecule has 2 heterocycles. The summed E-state index contributed by atoms with van der Waals surface area (Å²) in [5, 5.41) is 24.5. The maximum Gasteiger partial charge on any atom is 0.217 e. The van der Waals surface area contributed by atoms with Crippen molar-refractivity contribution in [2.75, 3.05) is 5.75 Å². The van der Waals surface area contributed by atoms with E-state index in [0.29, 0.717) is 18.7 Å². The van der Waals surface area contributed by atoms with Gasteiger partial charge in [0, 0.05) is 38.3 Å². The highest BCUT2D eigenvalue weighted by Crippen LogP contribution is 2.39. The number of nitrogens with one attached hydrogen (secondary N) is 1. The highest BCUT2D eigenvalue weighted by Gasteiger charge is 2.32. The number of hydrogen-bond donors (Lipinski definition) is 2. The van der Waals surface area contributed by atoms with Crippen LogP contribution in [-0.2, 0) is 34.5 Å². The molecule has 10 heteroatoms. The lowest BCUT2D eigenvalue weighted by atomic mass is 10.0. The minimum atomic E-state index is -0.528. The first kappa shape index (κ1) is 23.4. The zero-order chi connectivity index (χ0) is 23.2.